The van der Waals surface area contributed by atoms with Gasteiger partial charge in [0.25, 0.3) is 0 Å². The Bertz CT molecular complexity index is 267. The Hall–Kier alpha value is -0.530. The molecule has 0 unspecified atom stereocenters. The number of hydrogen-bond donors (Lipinski definition) is 1. The minimum Gasteiger partial charge on any atom is -0.481 e. The fraction of sp³-hybridized carbons (Fsp3) is 0.917. The third-order valence-electron chi connectivity index (χ3n) is 5.21. The second kappa shape index (κ2) is 2.74. The Balaban J connectivity index is 2.19. The fourth-order valence-electron chi connectivity index (χ4n) is 3.95. The molecule has 0 radical (unpaired) electrons. The van der Waals surface area contributed by atoms with E-state index in [-0.39, 0.29) is 0 Å². The maximum Gasteiger partial charge on any atom is 0.303 e. The van der Waals surface area contributed by atoms with Crippen LogP contribution in [0, 0.1) is 22.7 Å². The van der Waals surface area contributed by atoms with Crippen molar-refractivity contribution in [3.63, 3.8) is 0 Å². The van der Waals surface area contributed by atoms with Crippen LogP contribution in [0.15, 0.2) is 0 Å². The highest BCUT2D eigenvalue weighted by molar-refractivity contribution is 5.67. The van der Waals surface area contributed by atoms with Crippen molar-refractivity contribution in [2.24, 2.45) is 22.7 Å². The first kappa shape index (κ1) is 10.0. The molecule has 14 heavy (non-hydrogen) atoms. The van der Waals surface area contributed by atoms with E-state index in [1.165, 1.54) is 12.8 Å². The summed E-state index contributed by atoms with van der Waals surface area (Å²) in [6.07, 6.45) is 4.03. The van der Waals surface area contributed by atoms with Crippen molar-refractivity contribution in [3.8, 4) is 0 Å². The van der Waals surface area contributed by atoms with Gasteiger partial charge in [-0.1, -0.05) is 20.8 Å². The predicted molar refractivity (Wildman–Crippen MR) is 55.0 cm³/mol. The van der Waals surface area contributed by atoms with Crippen LogP contribution in [0.25, 0.3) is 0 Å². The Morgan fingerprint density at radius 2 is 2.07 bits per heavy atom. The second-order valence-electron chi connectivity index (χ2n) is 5.99. The summed E-state index contributed by atoms with van der Waals surface area (Å²) in [6, 6.07) is 0. The highest BCUT2D eigenvalue weighted by Crippen LogP contribution is 2.68. The van der Waals surface area contributed by atoms with E-state index in [4.69, 9.17) is 5.11 Å². The number of carboxylic acids is 1. The summed E-state index contributed by atoms with van der Waals surface area (Å²) in [7, 11) is 0. The molecule has 0 amide bonds. The van der Waals surface area contributed by atoms with Gasteiger partial charge in [0.05, 0.1) is 0 Å². The first-order valence-corrected chi connectivity index (χ1v) is 5.59. The topological polar surface area (TPSA) is 37.3 Å². The quantitative estimate of drug-likeness (QED) is 0.737. The van der Waals surface area contributed by atoms with Crippen LogP contribution >= 0.6 is 0 Å². The molecular formula is C12H20O2. The summed E-state index contributed by atoms with van der Waals surface area (Å²) in [5.74, 6) is 0.451. The molecule has 2 saturated carbocycles. The molecule has 0 spiro atoms. The molecule has 0 aromatic rings. The van der Waals surface area contributed by atoms with Gasteiger partial charge in [0.1, 0.15) is 0 Å². The summed E-state index contributed by atoms with van der Waals surface area (Å²) in [5, 5.41) is 8.86. The zero-order chi connectivity index (χ0) is 10.6. The minimum atomic E-state index is -0.623. The summed E-state index contributed by atoms with van der Waals surface area (Å²) in [4.78, 5) is 10.7. The van der Waals surface area contributed by atoms with Gasteiger partial charge in [0, 0.05) is 6.42 Å². The molecule has 2 rings (SSSR count). The molecular weight excluding hydrogens is 176 g/mol. The van der Waals surface area contributed by atoms with Crippen molar-refractivity contribution < 1.29 is 9.90 Å². The van der Waals surface area contributed by atoms with E-state index in [0.717, 1.165) is 6.42 Å². The smallest absolute Gasteiger partial charge is 0.303 e. The molecule has 2 heteroatoms. The highest BCUT2D eigenvalue weighted by atomic mass is 16.4. The Labute approximate surface area is 85.7 Å². The third kappa shape index (κ3) is 1.12. The molecule has 2 aliphatic carbocycles. The molecule has 0 aromatic heterocycles. The van der Waals surface area contributed by atoms with E-state index in [0.29, 0.717) is 29.1 Å². The van der Waals surface area contributed by atoms with Gasteiger partial charge >= 0.3 is 5.97 Å². The molecule has 0 heterocycles. The zero-order valence-corrected chi connectivity index (χ0v) is 9.34. The van der Waals surface area contributed by atoms with Crippen molar-refractivity contribution >= 4 is 5.97 Å². The van der Waals surface area contributed by atoms with E-state index < -0.39 is 5.97 Å². The van der Waals surface area contributed by atoms with Gasteiger partial charge in [-0.3, -0.25) is 4.79 Å². The maximum absolute atomic E-state index is 10.7. The molecule has 2 bridgehead atoms. The van der Waals surface area contributed by atoms with Crippen molar-refractivity contribution in [2.45, 2.75) is 46.5 Å². The standard InChI is InChI=1S/C12H20O2/c1-11(2)9-4-5-12(11,3)7-8(9)6-10(13)14/h8-9H,4-7H2,1-3H3,(H,13,14)/t8-,9+,12-/m1/s1. The SMILES string of the molecule is CC1(C)[C@H]2CC[C@]1(C)C[C@H]2CC(=O)O. The zero-order valence-electron chi connectivity index (χ0n) is 9.34. The molecule has 0 saturated heterocycles. The fourth-order valence-corrected chi connectivity index (χ4v) is 3.95. The average molecular weight is 196 g/mol. The first-order valence-electron chi connectivity index (χ1n) is 5.59. The van der Waals surface area contributed by atoms with Crippen molar-refractivity contribution in [3.05, 3.63) is 0 Å². The van der Waals surface area contributed by atoms with Crippen LogP contribution in [0.2, 0.25) is 0 Å². The number of fused-ring (bicyclic) bond motifs is 2. The van der Waals surface area contributed by atoms with Crippen LogP contribution in [0.1, 0.15) is 46.5 Å². The molecule has 3 atom stereocenters. The van der Waals surface area contributed by atoms with E-state index in [9.17, 15) is 4.79 Å². The van der Waals surface area contributed by atoms with Crippen LogP contribution in [0.5, 0.6) is 0 Å². The molecule has 1 N–H and O–H groups in total. The van der Waals surface area contributed by atoms with Gasteiger partial charge < -0.3 is 5.11 Å². The lowest BCUT2D eigenvalue weighted by atomic mass is 9.71. The maximum atomic E-state index is 10.7. The summed E-state index contributed by atoms with van der Waals surface area (Å²) < 4.78 is 0. The predicted octanol–water partition coefficient (Wildman–Crippen LogP) is 2.92. The third-order valence-corrected chi connectivity index (χ3v) is 5.21. The molecule has 0 aliphatic heterocycles. The molecule has 0 aromatic carbocycles. The van der Waals surface area contributed by atoms with Crippen LogP contribution in [0.3, 0.4) is 0 Å². The number of carbonyl (C=O) groups is 1. The molecule has 2 fully saturated rings. The Kier molecular flexibility index (Phi) is 1.96. The molecule has 80 valence electrons. The summed E-state index contributed by atoms with van der Waals surface area (Å²) >= 11 is 0. The lowest BCUT2D eigenvalue weighted by Gasteiger charge is -2.34. The van der Waals surface area contributed by atoms with Crippen molar-refractivity contribution in [2.75, 3.05) is 0 Å². The normalized spacial score (nSPS) is 44.2. The van der Waals surface area contributed by atoms with Crippen LogP contribution in [-0.4, -0.2) is 11.1 Å². The number of rotatable bonds is 2. The van der Waals surface area contributed by atoms with Crippen LogP contribution < -0.4 is 0 Å². The Morgan fingerprint density at radius 1 is 1.43 bits per heavy atom. The van der Waals surface area contributed by atoms with Crippen LogP contribution in [0.4, 0.5) is 0 Å². The highest BCUT2D eigenvalue weighted by Gasteiger charge is 2.60. The molecule has 2 nitrogen and oxygen atoms in total. The van der Waals surface area contributed by atoms with E-state index in [1.807, 2.05) is 0 Å². The monoisotopic (exact) mass is 196 g/mol. The largest absolute Gasteiger partial charge is 0.481 e. The molecule has 2 aliphatic rings. The minimum absolute atomic E-state index is 0.354. The Morgan fingerprint density at radius 3 is 2.43 bits per heavy atom. The van der Waals surface area contributed by atoms with Gasteiger partial charge in [-0.25, -0.2) is 0 Å². The van der Waals surface area contributed by atoms with Gasteiger partial charge in [-0.05, 0) is 41.9 Å². The number of carboxylic acid groups (broad SMARTS) is 1. The van der Waals surface area contributed by atoms with Crippen molar-refractivity contribution in [1.82, 2.24) is 0 Å². The van der Waals surface area contributed by atoms with Gasteiger partial charge in [-0.2, -0.15) is 0 Å². The lowest BCUT2D eigenvalue weighted by molar-refractivity contribution is -0.138. The van der Waals surface area contributed by atoms with E-state index in [1.54, 1.807) is 0 Å². The van der Waals surface area contributed by atoms with E-state index in [2.05, 4.69) is 20.8 Å². The number of hydrogen-bond acceptors (Lipinski definition) is 1. The van der Waals surface area contributed by atoms with E-state index >= 15 is 0 Å². The average Bonchev–Trinajstić information content (AvgIpc) is 2.31. The summed E-state index contributed by atoms with van der Waals surface area (Å²) in [5.41, 5.74) is 0.755. The number of aliphatic carboxylic acids is 1. The van der Waals surface area contributed by atoms with Gasteiger partial charge in [0.2, 0.25) is 0 Å². The summed E-state index contributed by atoms with van der Waals surface area (Å²) in [6.45, 7) is 6.99. The lowest BCUT2D eigenvalue weighted by Crippen LogP contribution is -2.26. The van der Waals surface area contributed by atoms with Crippen molar-refractivity contribution in [1.29, 1.82) is 0 Å². The van der Waals surface area contributed by atoms with Gasteiger partial charge in [-0.15, -0.1) is 0 Å². The second-order valence-corrected chi connectivity index (χ2v) is 5.99. The van der Waals surface area contributed by atoms with Gasteiger partial charge in [0.15, 0.2) is 0 Å². The first-order chi connectivity index (χ1) is 6.37. The van der Waals surface area contributed by atoms with Crippen LogP contribution in [-0.2, 0) is 4.79 Å².